The highest BCUT2D eigenvalue weighted by Gasteiger charge is 2.35. The molecule has 0 unspecified atom stereocenters. The third-order valence-electron chi connectivity index (χ3n) is 5.26. The van der Waals surface area contributed by atoms with Crippen LogP contribution < -0.4 is 21.3 Å². The normalized spacial score (nSPS) is 19.9. The van der Waals surface area contributed by atoms with E-state index in [4.69, 9.17) is 9.47 Å². The third kappa shape index (κ3) is 5.20. The second-order valence-electron chi connectivity index (χ2n) is 7.57. The van der Waals surface area contributed by atoms with Gasteiger partial charge in [-0.2, -0.15) is 0 Å². The van der Waals surface area contributed by atoms with Crippen LogP contribution in [0.5, 0.6) is 11.5 Å². The number of rotatable bonds is 7. The number of nitrogens with zero attached hydrogens (tertiary/aromatic N) is 1. The second-order valence-corrected chi connectivity index (χ2v) is 7.57. The Kier molecular flexibility index (Phi) is 6.68. The van der Waals surface area contributed by atoms with E-state index in [1.165, 1.54) is 0 Å². The number of nitrogens with one attached hydrogen (secondary N) is 2. The quantitative estimate of drug-likeness (QED) is 0.416. The number of para-hydroxylation sites is 1. The number of hydrogen-bond donors (Lipinski definition) is 4. The minimum Gasteiger partial charge on any atom is -0.457 e. The average Bonchev–Trinajstić information content (AvgIpc) is 3.19. The molecule has 2 heterocycles. The molecular formula is C23H23N3O7. The lowest BCUT2D eigenvalue weighted by Gasteiger charge is -2.15. The highest BCUT2D eigenvalue weighted by molar-refractivity contribution is 5.93. The summed E-state index contributed by atoms with van der Waals surface area (Å²) in [4.78, 5) is 39.1. The summed E-state index contributed by atoms with van der Waals surface area (Å²) in [6.07, 6.45) is -1.59. The minimum atomic E-state index is -0.968. The van der Waals surface area contributed by atoms with Gasteiger partial charge in [0.1, 0.15) is 29.4 Å². The first-order valence-corrected chi connectivity index (χ1v) is 10.3. The van der Waals surface area contributed by atoms with E-state index < -0.39 is 42.2 Å². The Morgan fingerprint density at radius 3 is 2.48 bits per heavy atom. The fraction of sp³-hybridized carbons (Fsp3) is 0.261. The van der Waals surface area contributed by atoms with Gasteiger partial charge in [-0.25, -0.2) is 4.79 Å². The Balaban J connectivity index is 1.42. The molecule has 0 bridgehead atoms. The number of H-pyrrole nitrogens is 1. The zero-order valence-corrected chi connectivity index (χ0v) is 17.5. The molecule has 10 nitrogen and oxygen atoms in total. The smallest absolute Gasteiger partial charge is 0.330 e. The van der Waals surface area contributed by atoms with Crippen LogP contribution in [0.1, 0.15) is 28.6 Å². The third-order valence-corrected chi connectivity index (χ3v) is 5.26. The minimum absolute atomic E-state index is 0.0373. The number of carbonyl (C=O) groups is 1. The van der Waals surface area contributed by atoms with Crippen molar-refractivity contribution in [1.82, 2.24) is 14.9 Å². The van der Waals surface area contributed by atoms with Crippen LogP contribution in [-0.4, -0.2) is 44.5 Å². The highest BCUT2D eigenvalue weighted by atomic mass is 16.5. The first-order chi connectivity index (χ1) is 15.9. The fourth-order valence-electron chi connectivity index (χ4n) is 3.49. The summed E-state index contributed by atoms with van der Waals surface area (Å²) in [6.45, 7) is -0.271. The summed E-state index contributed by atoms with van der Waals surface area (Å²) < 4.78 is 12.2. The molecule has 0 spiro atoms. The summed E-state index contributed by atoms with van der Waals surface area (Å²) in [6, 6.07) is 16.4. The molecule has 1 amide bonds. The molecule has 1 saturated heterocycles. The van der Waals surface area contributed by atoms with E-state index in [0.29, 0.717) is 11.5 Å². The first kappa shape index (κ1) is 22.5. The molecule has 172 valence electrons. The summed E-state index contributed by atoms with van der Waals surface area (Å²) in [5.41, 5.74) is -1.11. The van der Waals surface area contributed by atoms with Gasteiger partial charge in [-0.1, -0.05) is 30.3 Å². The number of aromatic nitrogens is 2. The lowest BCUT2D eigenvalue weighted by Crippen LogP contribution is -2.38. The van der Waals surface area contributed by atoms with Gasteiger partial charge in [0.2, 0.25) is 0 Å². The van der Waals surface area contributed by atoms with Crippen LogP contribution in [0.15, 0.2) is 70.4 Å². The standard InChI is InChI=1S/C23H23N3O7/c27-13-19-18(28)10-20(33-19)26-12-17(22(30)25-23(26)31)21(29)24-11-14-6-8-16(9-7-14)32-15-4-2-1-3-5-15/h1-9,12,18-20,27-28H,10-11,13H2,(H,24,29)(H,25,30,31)/t18-,19+,20+/m0/s1. The number of aliphatic hydroxyl groups is 2. The Hall–Kier alpha value is -3.73. The lowest BCUT2D eigenvalue weighted by atomic mass is 10.2. The predicted molar refractivity (Wildman–Crippen MR) is 117 cm³/mol. The Morgan fingerprint density at radius 1 is 1.12 bits per heavy atom. The van der Waals surface area contributed by atoms with Gasteiger partial charge in [0.15, 0.2) is 0 Å². The maximum Gasteiger partial charge on any atom is 0.330 e. The van der Waals surface area contributed by atoms with Gasteiger partial charge in [0, 0.05) is 19.2 Å². The predicted octanol–water partition coefficient (Wildman–Crippen LogP) is 0.900. The van der Waals surface area contributed by atoms with Crippen molar-refractivity contribution in [3.63, 3.8) is 0 Å². The van der Waals surface area contributed by atoms with E-state index in [1.54, 1.807) is 24.3 Å². The van der Waals surface area contributed by atoms with Crippen molar-refractivity contribution in [3.05, 3.63) is 92.8 Å². The van der Waals surface area contributed by atoms with Crippen molar-refractivity contribution in [2.75, 3.05) is 6.61 Å². The van der Waals surface area contributed by atoms with Crippen LogP contribution in [0.3, 0.4) is 0 Å². The average molecular weight is 453 g/mol. The molecule has 0 saturated carbocycles. The number of hydrogen-bond acceptors (Lipinski definition) is 7. The van der Waals surface area contributed by atoms with E-state index in [9.17, 15) is 24.6 Å². The second kappa shape index (κ2) is 9.82. The molecule has 4 N–H and O–H groups in total. The first-order valence-electron chi connectivity index (χ1n) is 10.3. The molecule has 0 radical (unpaired) electrons. The molecule has 2 aromatic carbocycles. The van der Waals surface area contributed by atoms with Crippen LogP contribution in [0, 0.1) is 0 Å². The van der Waals surface area contributed by atoms with E-state index >= 15 is 0 Å². The van der Waals surface area contributed by atoms with Crippen LogP contribution in [0.4, 0.5) is 0 Å². The fourth-order valence-corrected chi connectivity index (χ4v) is 3.49. The Labute approximate surface area is 188 Å². The van der Waals surface area contributed by atoms with Crippen molar-refractivity contribution in [1.29, 1.82) is 0 Å². The zero-order valence-electron chi connectivity index (χ0n) is 17.5. The van der Waals surface area contributed by atoms with Crippen molar-refractivity contribution >= 4 is 5.91 Å². The molecule has 1 aliphatic rings. The SMILES string of the molecule is O=C(NCc1ccc(Oc2ccccc2)cc1)c1cn([C@H]2C[C@H](O)[C@@H](CO)O2)c(=O)[nH]c1=O. The highest BCUT2D eigenvalue weighted by Crippen LogP contribution is 2.27. The summed E-state index contributed by atoms with van der Waals surface area (Å²) in [5.74, 6) is 0.670. The van der Waals surface area contributed by atoms with E-state index in [0.717, 1.165) is 16.3 Å². The maximum atomic E-state index is 12.6. The molecule has 3 aromatic rings. The number of aromatic amines is 1. The summed E-state index contributed by atoms with van der Waals surface area (Å²) >= 11 is 0. The molecule has 1 aromatic heterocycles. The molecule has 0 aliphatic carbocycles. The molecule has 3 atom stereocenters. The van der Waals surface area contributed by atoms with Gasteiger partial charge < -0.3 is 25.0 Å². The number of carbonyl (C=O) groups excluding carboxylic acids is 1. The van der Waals surface area contributed by atoms with Gasteiger partial charge in [0.05, 0.1) is 12.7 Å². The molecule has 1 fully saturated rings. The molecular weight excluding hydrogens is 430 g/mol. The van der Waals surface area contributed by atoms with Crippen LogP contribution in [0.25, 0.3) is 0 Å². The van der Waals surface area contributed by atoms with E-state index in [2.05, 4.69) is 10.3 Å². The monoisotopic (exact) mass is 453 g/mol. The van der Waals surface area contributed by atoms with Gasteiger partial charge in [-0.05, 0) is 29.8 Å². The van der Waals surface area contributed by atoms with Crippen molar-refractivity contribution in [2.45, 2.75) is 31.4 Å². The summed E-state index contributed by atoms with van der Waals surface area (Å²) in [7, 11) is 0. The van der Waals surface area contributed by atoms with Crippen molar-refractivity contribution in [3.8, 4) is 11.5 Å². The van der Waals surface area contributed by atoms with Crippen LogP contribution >= 0.6 is 0 Å². The van der Waals surface area contributed by atoms with Crippen molar-refractivity contribution < 1.29 is 24.5 Å². The summed E-state index contributed by atoms with van der Waals surface area (Å²) in [5, 5.41) is 21.8. The van der Waals surface area contributed by atoms with E-state index in [-0.39, 0.29) is 18.5 Å². The van der Waals surface area contributed by atoms with Crippen LogP contribution in [0.2, 0.25) is 0 Å². The number of aliphatic hydroxyl groups excluding tert-OH is 2. The number of benzene rings is 2. The molecule has 10 heteroatoms. The Bertz CT molecular complexity index is 1220. The van der Waals surface area contributed by atoms with Crippen molar-refractivity contribution in [2.24, 2.45) is 0 Å². The zero-order chi connectivity index (χ0) is 23.4. The topological polar surface area (TPSA) is 143 Å². The molecule has 4 rings (SSSR count). The Morgan fingerprint density at radius 2 is 1.82 bits per heavy atom. The van der Waals surface area contributed by atoms with E-state index in [1.807, 2.05) is 30.3 Å². The van der Waals surface area contributed by atoms with Gasteiger partial charge in [0.25, 0.3) is 11.5 Å². The maximum absolute atomic E-state index is 12.6. The largest absolute Gasteiger partial charge is 0.457 e. The number of ether oxygens (including phenoxy) is 2. The van der Waals surface area contributed by atoms with Gasteiger partial charge >= 0.3 is 5.69 Å². The lowest BCUT2D eigenvalue weighted by molar-refractivity contribution is -0.0459. The molecule has 33 heavy (non-hydrogen) atoms. The van der Waals surface area contributed by atoms with Gasteiger partial charge in [-0.3, -0.25) is 19.1 Å². The molecule has 1 aliphatic heterocycles. The van der Waals surface area contributed by atoms with Crippen LogP contribution in [-0.2, 0) is 11.3 Å². The number of amides is 1. The van der Waals surface area contributed by atoms with Gasteiger partial charge in [-0.15, -0.1) is 0 Å².